The van der Waals surface area contributed by atoms with E-state index in [-0.39, 0.29) is 12.6 Å². The largest absolute Gasteiger partial charge is 0.426 e. The van der Waals surface area contributed by atoms with Gasteiger partial charge in [-0.25, -0.2) is 0 Å². The number of carbonyl (C=O) groups excluding carboxylic acids is 1. The molecule has 0 aromatic heterocycles. The Balaban J connectivity index is 3.18. The number of hydrogen-bond acceptors (Lipinski definition) is 3. The Kier molecular flexibility index (Phi) is 3.66. The summed E-state index contributed by atoms with van der Waals surface area (Å²) in [5.74, 6) is 0.0633. The minimum atomic E-state index is -0.384. The molecule has 0 aliphatic carbocycles. The van der Waals surface area contributed by atoms with E-state index in [2.05, 4.69) is 15.9 Å². The third kappa shape index (κ3) is 2.56. The predicted octanol–water partition coefficient (Wildman–Crippen LogP) is 2.18. The molecule has 14 heavy (non-hydrogen) atoms. The number of carbonyl (C=O) groups is 1. The quantitative estimate of drug-likeness (QED) is 0.654. The second-order valence-corrected chi connectivity index (χ2v) is 3.88. The van der Waals surface area contributed by atoms with Gasteiger partial charge in [0.15, 0.2) is 0 Å². The molecule has 1 aromatic carbocycles. The minimum absolute atomic E-state index is 0.150. The number of esters is 1. The molecule has 0 unspecified atom stereocenters. The molecule has 4 heteroatoms. The van der Waals surface area contributed by atoms with Crippen molar-refractivity contribution in [2.75, 3.05) is 0 Å². The molecule has 76 valence electrons. The molecule has 0 saturated carbocycles. The lowest BCUT2D eigenvalue weighted by atomic mass is 10.1. The molecular formula is C10H11BrO3. The van der Waals surface area contributed by atoms with Crippen molar-refractivity contribution < 1.29 is 14.6 Å². The average Bonchev–Trinajstić information content (AvgIpc) is 2.08. The molecule has 0 heterocycles. The van der Waals surface area contributed by atoms with Gasteiger partial charge in [0.25, 0.3) is 0 Å². The van der Waals surface area contributed by atoms with E-state index in [0.29, 0.717) is 11.3 Å². The van der Waals surface area contributed by atoms with Crippen LogP contribution in [0, 0.1) is 6.92 Å². The van der Waals surface area contributed by atoms with Gasteiger partial charge >= 0.3 is 5.97 Å². The standard InChI is InChI=1S/C10H11BrO3/c1-6-3-9(11)4-8(5-12)10(6)14-7(2)13/h3-4,12H,5H2,1-2H3. The number of hydrogen-bond donors (Lipinski definition) is 1. The monoisotopic (exact) mass is 258 g/mol. The fraction of sp³-hybridized carbons (Fsp3) is 0.300. The highest BCUT2D eigenvalue weighted by Crippen LogP contribution is 2.28. The Morgan fingerprint density at radius 2 is 2.21 bits per heavy atom. The van der Waals surface area contributed by atoms with E-state index in [0.717, 1.165) is 10.0 Å². The summed E-state index contributed by atoms with van der Waals surface area (Å²) in [6.07, 6.45) is 0. The maximum atomic E-state index is 10.8. The van der Waals surface area contributed by atoms with Gasteiger partial charge in [-0.1, -0.05) is 15.9 Å². The lowest BCUT2D eigenvalue weighted by Gasteiger charge is -2.10. The number of aliphatic hydroxyl groups is 1. The second kappa shape index (κ2) is 4.57. The van der Waals surface area contributed by atoms with Crippen LogP contribution in [-0.4, -0.2) is 11.1 Å². The average molecular weight is 259 g/mol. The van der Waals surface area contributed by atoms with Crippen LogP contribution in [0.5, 0.6) is 5.75 Å². The smallest absolute Gasteiger partial charge is 0.308 e. The molecule has 0 saturated heterocycles. The zero-order valence-electron chi connectivity index (χ0n) is 8.00. The van der Waals surface area contributed by atoms with Crippen LogP contribution >= 0.6 is 15.9 Å². The van der Waals surface area contributed by atoms with Crippen molar-refractivity contribution in [3.63, 3.8) is 0 Å². The van der Waals surface area contributed by atoms with E-state index in [4.69, 9.17) is 9.84 Å². The van der Waals surface area contributed by atoms with E-state index < -0.39 is 0 Å². The molecule has 0 bridgehead atoms. The topological polar surface area (TPSA) is 46.5 Å². The predicted molar refractivity (Wildman–Crippen MR) is 56.1 cm³/mol. The zero-order chi connectivity index (χ0) is 10.7. The summed E-state index contributed by atoms with van der Waals surface area (Å²) < 4.78 is 5.86. The Hall–Kier alpha value is -0.870. The summed E-state index contributed by atoms with van der Waals surface area (Å²) in [6, 6.07) is 3.56. The van der Waals surface area contributed by atoms with Crippen molar-refractivity contribution in [1.29, 1.82) is 0 Å². The minimum Gasteiger partial charge on any atom is -0.426 e. The SMILES string of the molecule is CC(=O)Oc1c(C)cc(Br)cc1CO. The van der Waals surface area contributed by atoms with Gasteiger partial charge in [-0.2, -0.15) is 0 Å². The lowest BCUT2D eigenvalue weighted by molar-refractivity contribution is -0.132. The summed E-state index contributed by atoms with van der Waals surface area (Å²) >= 11 is 3.30. The normalized spacial score (nSPS) is 10.0. The highest BCUT2D eigenvalue weighted by molar-refractivity contribution is 9.10. The maximum absolute atomic E-state index is 10.8. The molecule has 1 N–H and O–H groups in total. The molecule has 0 aliphatic heterocycles. The number of rotatable bonds is 2. The second-order valence-electron chi connectivity index (χ2n) is 2.96. The van der Waals surface area contributed by atoms with E-state index in [1.165, 1.54) is 6.92 Å². The number of aryl methyl sites for hydroxylation is 1. The number of halogens is 1. The van der Waals surface area contributed by atoms with E-state index in [1.807, 2.05) is 13.0 Å². The van der Waals surface area contributed by atoms with E-state index in [1.54, 1.807) is 6.07 Å². The maximum Gasteiger partial charge on any atom is 0.308 e. The number of benzene rings is 1. The Morgan fingerprint density at radius 3 is 2.71 bits per heavy atom. The molecular weight excluding hydrogens is 248 g/mol. The van der Waals surface area contributed by atoms with Gasteiger partial charge in [-0.05, 0) is 24.6 Å². The van der Waals surface area contributed by atoms with Crippen LogP contribution in [0.2, 0.25) is 0 Å². The number of aliphatic hydroxyl groups excluding tert-OH is 1. The van der Waals surface area contributed by atoms with Crippen LogP contribution in [0.15, 0.2) is 16.6 Å². The highest BCUT2D eigenvalue weighted by Gasteiger charge is 2.10. The van der Waals surface area contributed by atoms with Crippen molar-refractivity contribution in [2.24, 2.45) is 0 Å². The summed E-state index contributed by atoms with van der Waals surface area (Å²) in [7, 11) is 0. The van der Waals surface area contributed by atoms with Crippen LogP contribution in [0.3, 0.4) is 0 Å². The van der Waals surface area contributed by atoms with E-state index in [9.17, 15) is 4.79 Å². The van der Waals surface area contributed by atoms with Gasteiger partial charge in [0.1, 0.15) is 5.75 Å². The van der Waals surface area contributed by atoms with Crippen molar-refractivity contribution in [2.45, 2.75) is 20.5 Å². The fourth-order valence-electron chi connectivity index (χ4n) is 1.21. The van der Waals surface area contributed by atoms with Gasteiger partial charge in [0.05, 0.1) is 6.61 Å². The molecule has 0 spiro atoms. The molecule has 0 amide bonds. The Labute approximate surface area is 90.8 Å². The molecule has 3 nitrogen and oxygen atoms in total. The van der Waals surface area contributed by atoms with Gasteiger partial charge in [0.2, 0.25) is 0 Å². The first kappa shape index (κ1) is 11.2. The van der Waals surface area contributed by atoms with E-state index >= 15 is 0 Å². The summed E-state index contributed by atoms with van der Waals surface area (Å²) in [5.41, 5.74) is 1.42. The summed E-state index contributed by atoms with van der Waals surface area (Å²) in [6.45, 7) is 3.01. The molecule has 0 radical (unpaired) electrons. The third-order valence-corrected chi connectivity index (χ3v) is 2.19. The van der Waals surface area contributed by atoms with Gasteiger partial charge in [0, 0.05) is 17.0 Å². The Bertz CT molecular complexity index is 361. The van der Waals surface area contributed by atoms with Crippen molar-refractivity contribution in [3.8, 4) is 5.75 Å². The first-order valence-electron chi connectivity index (χ1n) is 4.13. The number of ether oxygens (including phenoxy) is 1. The van der Waals surface area contributed by atoms with Crippen molar-refractivity contribution in [3.05, 3.63) is 27.7 Å². The van der Waals surface area contributed by atoms with Gasteiger partial charge in [-0.3, -0.25) is 4.79 Å². The molecule has 0 aliphatic rings. The summed E-state index contributed by atoms with van der Waals surface area (Å²) in [5, 5.41) is 9.07. The first-order valence-corrected chi connectivity index (χ1v) is 4.92. The van der Waals surface area contributed by atoms with Gasteiger partial charge < -0.3 is 9.84 Å². The lowest BCUT2D eigenvalue weighted by Crippen LogP contribution is -2.05. The molecule has 0 fully saturated rings. The molecule has 0 atom stereocenters. The van der Waals surface area contributed by atoms with Crippen LogP contribution in [-0.2, 0) is 11.4 Å². The van der Waals surface area contributed by atoms with Crippen LogP contribution in [0.1, 0.15) is 18.1 Å². The third-order valence-electron chi connectivity index (χ3n) is 1.73. The fourth-order valence-corrected chi connectivity index (χ4v) is 1.83. The summed E-state index contributed by atoms with van der Waals surface area (Å²) in [4.78, 5) is 10.8. The molecule has 1 aromatic rings. The highest BCUT2D eigenvalue weighted by atomic mass is 79.9. The zero-order valence-corrected chi connectivity index (χ0v) is 9.59. The Morgan fingerprint density at radius 1 is 1.57 bits per heavy atom. The molecule has 1 rings (SSSR count). The van der Waals surface area contributed by atoms with Gasteiger partial charge in [-0.15, -0.1) is 0 Å². The van der Waals surface area contributed by atoms with Crippen LogP contribution in [0.25, 0.3) is 0 Å². The first-order chi connectivity index (χ1) is 6.54. The van der Waals surface area contributed by atoms with Crippen molar-refractivity contribution in [1.82, 2.24) is 0 Å². The van der Waals surface area contributed by atoms with Crippen LogP contribution in [0.4, 0.5) is 0 Å². The van der Waals surface area contributed by atoms with Crippen molar-refractivity contribution >= 4 is 21.9 Å². The van der Waals surface area contributed by atoms with Crippen LogP contribution < -0.4 is 4.74 Å².